The van der Waals surface area contributed by atoms with E-state index in [0.717, 1.165) is 19.3 Å². The van der Waals surface area contributed by atoms with Crippen molar-refractivity contribution in [3.05, 3.63) is 29.8 Å². The van der Waals surface area contributed by atoms with Crippen molar-refractivity contribution in [3.63, 3.8) is 0 Å². The Balaban J connectivity index is 2.36. The van der Waals surface area contributed by atoms with Crippen LogP contribution in [-0.2, 0) is 35.2 Å². The van der Waals surface area contributed by atoms with Crippen molar-refractivity contribution in [2.45, 2.75) is 136 Å². The summed E-state index contributed by atoms with van der Waals surface area (Å²) >= 11 is 0. The average Bonchev–Trinajstić information content (AvgIpc) is 3.63. The summed E-state index contributed by atoms with van der Waals surface area (Å²) < 4.78 is 0. The predicted molar refractivity (Wildman–Crippen MR) is 217 cm³/mol. The van der Waals surface area contributed by atoms with Gasteiger partial charge in [-0.3, -0.25) is 29.0 Å². The number of nitrogens with two attached hydrogens (primary N) is 3. The van der Waals surface area contributed by atoms with Crippen LogP contribution < -0.4 is 38.5 Å². The molecule has 0 aliphatic carbocycles. The number of hydrogen-bond acceptors (Lipinski definition) is 9. The number of carbonyl (C=O) groups is 6. The first-order valence-electron chi connectivity index (χ1n) is 20.0. The summed E-state index contributed by atoms with van der Waals surface area (Å²) in [5, 5.41) is 30.6. The third kappa shape index (κ3) is 16.6. The van der Waals surface area contributed by atoms with Crippen LogP contribution in [0, 0.1) is 17.3 Å². The molecule has 17 heteroatoms. The number of aromatic hydroxyl groups is 1. The molecule has 0 radical (unpaired) electrons. The van der Waals surface area contributed by atoms with E-state index in [1.165, 1.54) is 17.0 Å². The summed E-state index contributed by atoms with van der Waals surface area (Å²) in [5.41, 5.74) is 16.3. The Labute approximate surface area is 336 Å². The van der Waals surface area contributed by atoms with Gasteiger partial charge in [0.05, 0.1) is 0 Å². The maximum Gasteiger partial charge on any atom is 0.326 e. The van der Waals surface area contributed by atoms with Crippen LogP contribution in [0.4, 0.5) is 0 Å². The number of hydrogen-bond donors (Lipinski definition) is 9. The van der Waals surface area contributed by atoms with Gasteiger partial charge in [0.2, 0.25) is 29.5 Å². The molecule has 12 N–H and O–H groups in total. The van der Waals surface area contributed by atoms with Crippen LogP contribution >= 0.6 is 0 Å². The van der Waals surface area contributed by atoms with Gasteiger partial charge in [0.1, 0.15) is 36.0 Å². The zero-order valence-electron chi connectivity index (χ0n) is 34.5. The number of aliphatic carboxylic acids is 1. The van der Waals surface area contributed by atoms with E-state index in [2.05, 4.69) is 26.3 Å². The molecule has 1 saturated heterocycles. The average molecular weight is 802 g/mol. The number of carboxylic acids is 1. The molecule has 0 saturated carbocycles. The largest absolute Gasteiger partial charge is 0.508 e. The number of carbonyl (C=O) groups excluding carboxylic acids is 5. The number of aliphatic imine (C=N–C) groups is 1. The number of guanidine groups is 1. The maximum atomic E-state index is 14.2. The van der Waals surface area contributed by atoms with Crippen LogP contribution in [0.2, 0.25) is 0 Å². The van der Waals surface area contributed by atoms with Gasteiger partial charge >= 0.3 is 5.97 Å². The Morgan fingerprint density at radius 3 is 2.07 bits per heavy atom. The van der Waals surface area contributed by atoms with Gasteiger partial charge in [0.15, 0.2) is 5.96 Å². The summed E-state index contributed by atoms with van der Waals surface area (Å²) in [5.74, 6) is -4.42. The van der Waals surface area contributed by atoms with Crippen molar-refractivity contribution in [2.24, 2.45) is 39.4 Å². The van der Waals surface area contributed by atoms with Crippen molar-refractivity contribution in [1.29, 1.82) is 0 Å². The molecule has 1 fully saturated rings. The molecular formula is C40H67N9O8. The van der Waals surface area contributed by atoms with Gasteiger partial charge in [0, 0.05) is 25.4 Å². The number of likely N-dealkylation sites (tertiary alicyclic amines) is 1. The van der Waals surface area contributed by atoms with E-state index in [0.29, 0.717) is 37.8 Å². The van der Waals surface area contributed by atoms with Crippen LogP contribution in [0.5, 0.6) is 5.75 Å². The Hall–Kier alpha value is -4.93. The van der Waals surface area contributed by atoms with Crippen molar-refractivity contribution in [2.75, 3.05) is 19.6 Å². The van der Waals surface area contributed by atoms with Gasteiger partial charge < -0.3 is 53.6 Å². The number of carboxylic acid groups (broad SMARTS) is 1. The van der Waals surface area contributed by atoms with Gasteiger partial charge in [0.25, 0.3) is 0 Å². The van der Waals surface area contributed by atoms with Crippen molar-refractivity contribution in [1.82, 2.24) is 26.2 Å². The van der Waals surface area contributed by atoms with E-state index in [1.54, 1.807) is 39.8 Å². The quantitative estimate of drug-likeness (QED) is 0.0431. The van der Waals surface area contributed by atoms with Crippen molar-refractivity contribution >= 4 is 41.5 Å². The van der Waals surface area contributed by atoms with Crippen LogP contribution in [0.25, 0.3) is 0 Å². The Kier molecular flexibility index (Phi) is 19.7. The first kappa shape index (κ1) is 48.2. The van der Waals surface area contributed by atoms with Crippen LogP contribution in [-0.4, -0.2) is 106 Å². The number of nitrogens with one attached hydrogen (secondary N) is 4. The molecule has 1 aromatic rings. The van der Waals surface area contributed by atoms with Gasteiger partial charge in [-0.1, -0.05) is 66.5 Å². The molecule has 5 amide bonds. The van der Waals surface area contributed by atoms with Gasteiger partial charge in [-0.05, 0) is 80.5 Å². The highest BCUT2D eigenvalue weighted by atomic mass is 16.4. The van der Waals surface area contributed by atoms with Crippen molar-refractivity contribution in [3.8, 4) is 5.75 Å². The minimum atomic E-state index is -1.24. The third-order valence-electron chi connectivity index (χ3n) is 9.93. The standard InChI is InChI=1S/C40H67N9O8/c1-24(2)22-30(38(56)57)47-36(54)32(40(4,5)6)48-34(52)29(23-26-15-17-27(50)18-16-26)46-35(53)31-14-11-21-49(31)37(55)28(13-10-20-44-39(42)43)45-33(51)25(3)12-8-7-9-19-41/h15-18,24-25,28-32,50H,7-14,19-23,41H2,1-6H3,(H,45,51)(H,46,53)(H,47,54)(H,48,52)(H,56,57)(H4,42,43,44). The normalized spacial score (nSPS) is 16.8. The predicted octanol–water partition coefficient (Wildman–Crippen LogP) is 1.25. The molecule has 57 heavy (non-hydrogen) atoms. The highest BCUT2D eigenvalue weighted by Gasteiger charge is 2.41. The molecule has 0 aromatic heterocycles. The van der Waals surface area contributed by atoms with Crippen LogP contribution in [0.3, 0.4) is 0 Å². The second kappa shape index (κ2) is 23.3. The summed E-state index contributed by atoms with van der Waals surface area (Å²) in [7, 11) is 0. The smallest absolute Gasteiger partial charge is 0.326 e. The summed E-state index contributed by atoms with van der Waals surface area (Å²) in [4.78, 5) is 86.6. The molecule has 1 aliphatic rings. The van der Waals surface area contributed by atoms with Gasteiger partial charge in [-0.2, -0.15) is 0 Å². The van der Waals surface area contributed by atoms with Crippen LogP contribution in [0.15, 0.2) is 29.3 Å². The number of amides is 5. The van der Waals surface area contributed by atoms with E-state index in [4.69, 9.17) is 17.2 Å². The first-order valence-corrected chi connectivity index (χ1v) is 20.0. The van der Waals surface area contributed by atoms with Gasteiger partial charge in [-0.15, -0.1) is 0 Å². The lowest BCUT2D eigenvalue weighted by atomic mass is 9.85. The van der Waals surface area contributed by atoms with E-state index < -0.39 is 65.2 Å². The van der Waals surface area contributed by atoms with E-state index >= 15 is 0 Å². The topological polar surface area (TPSA) is 285 Å². The fourth-order valence-corrected chi connectivity index (χ4v) is 6.69. The number of phenols is 1. The Morgan fingerprint density at radius 1 is 0.842 bits per heavy atom. The van der Waals surface area contributed by atoms with Crippen molar-refractivity contribution < 1.29 is 39.0 Å². The lowest BCUT2D eigenvalue weighted by Crippen LogP contribution is -2.61. The number of nitrogens with zero attached hydrogens (tertiary/aromatic N) is 2. The van der Waals surface area contributed by atoms with E-state index in [1.807, 2.05) is 13.8 Å². The summed E-state index contributed by atoms with van der Waals surface area (Å²) in [6, 6.07) is 0.552. The molecule has 1 aromatic carbocycles. The van der Waals surface area contributed by atoms with E-state index in [9.17, 15) is 39.0 Å². The Bertz CT molecular complexity index is 1530. The molecule has 0 spiro atoms. The second-order valence-electron chi connectivity index (χ2n) is 16.5. The zero-order chi connectivity index (χ0) is 42.9. The second-order valence-corrected chi connectivity index (χ2v) is 16.5. The minimum Gasteiger partial charge on any atom is -0.508 e. The fourth-order valence-electron chi connectivity index (χ4n) is 6.69. The number of phenolic OH excluding ortho intramolecular Hbond substituents is 1. The highest BCUT2D eigenvalue weighted by molar-refractivity contribution is 5.96. The molecule has 1 aliphatic heterocycles. The number of rotatable bonds is 23. The monoisotopic (exact) mass is 802 g/mol. The lowest BCUT2D eigenvalue weighted by Gasteiger charge is -2.33. The maximum absolute atomic E-state index is 14.2. The molecule has 6 unspecified atom stereocenters. The number of unbranched alkanes of at least 4 members (excludes halogenated alkanes) is 2. The van der Waals surface area contributed by atoms with E-state index in [-0.39, 0.29) is 61.8 Å². The molecule has 1 heterocycles. The number of benzene rings is 1. The Morgan fingerprint density at radius 2 is 1.49 bits per heavy atom. The first-order chi connectivity index (χ1) is 26.7. The lowest BCUT2D eigenvalue weighted by molar-refractivity contribution is -0.144. The molecule has 17 nitrogen and oxygen atoms in total. The molecular weight excluding hydrogens is 734 g/mol. The summed E-state index contributed by atoms with van der Waals surface area (Å²) in [6.07, 6.45) is 4.72. The molecule has 6 atom stereocenters. The fraction of sp³-hybridized carbons (Fsp3) is 0.675. The SMILES string of the molecule is CC(C)CC(NC(=O)C(NC(=O)C(Cc1ccc(O)cc1)NC(=O)C1CCCN1C(=O)C(CCCN=C(N)N)NC(=O)C(C)CCCCCN)C(C)(C)C)C(=O)O. The molecule has 320 valence electrons. The zero-order valence-corrected chi connectivity index (χ0v) is 34.5. The summed E-state index contributed by atoms with van der Waals surface area (Å²) in [6.45, 7) is 11.7. The van der Waals surface area contributed by atoms with Gasteiger partial charge in [-0.25, -0.2) is 4.79 Å². The highest BCUT2D eigenvalue weighted by Crippen LogP contribution is 2.23. The minimum absolute atomic E-state index is 0.00341. The molecule has 2 rings (SSSR count). The molecule has 0 bridgehead atoms. The third-order valence-corrected chi connectivity index (χ3v) is 9.93. The van der Waals surface area contributed by atoms with Crippen LogP contribution in [0.1, 0.15) is 105 Å².